The van der Waals surface area contributed by atoms with Gasteiger partial charge in [0.25, 0.3) is 0 Å². The van der Waals surface area contributed by atoms with Gasteiger partial charge in [0.05, 0.1) is 11.6 Å². The van der Waals surface area contributed by atoms with Crippen LogP contribution in [-0.2, 0) is 11.3 Å². The van der Waals surface area contributed by atoms with Crippen molar-refractivity contribution in [2.75, 3.05) is 5.32 Å². The molecule has 0 saturated heterocycles. The van der Waals surface area contributed by atoms with Crippen LogP contribution in [-0.4, -0.2) is 16.3 Å². The summed E-state index contributed by atoms with van der Waals surface area (Å²) in [5.41, 5.74) is 2.62. The summed E-state index contributed by atoms with van der Waals surface area (Å²) in [4.78, 5) is 24.1. The van der Waals surface area contributed by atoms with Gasteiger partial charge in [0.15, 0.2) is 5.78 Å². The van der Waals surface area contributed by atoms with Gasteiger partial charge >= 0.3 is 0 Å². The van der Waals surface area contributed by atoms with Crippen LogP contribution in [0.2, 0.25) is 0 Å². The Kier molecular flexibility index (Phi) is 3.14. The van der Waals surface area contributed by atoms with Crippen LogP contribution in [0.1, 0.15) is 22.5 Å². The van der Waals surface area contributed by atoms with Crippen LogP contribution in [0.15, 0.2) is 42.6 Å². The highest BCUT2D eigenvalue weighted by Crippen LogP contribution is 2.24. The molecule has 4 nitrogen and oxygen atoms in total. The number of aryl methyl sites for hydroxylation is 1. The third kappa shape index (κ3) is 2.37. The number of aromatic nitrogens is 1. The summed E-state index contributed by atoms with van der Waals surface area (Å²) in [5.74, 6) is -0.288. The topological polar surface area (TPSA) is 51.1 Å². The Bertz CT molecular complexity index is 655. The zero-order valence-corrected chi connectivity index (χ0v) is 11.3. The lowest BCUT2D eigenvalue weighted by atomic mass is 10.0. The maximum Gasteiger partial charge on any atom is 0.225 e. The van der Waals surface area contributed by atoms with Gasteiger partial charge in [0.2, 0.25) is 5.91 Å². The number of hydrogen-bond acceptors (Lipinski definition) is 2. The van der Waals surface area contributed by atoms with Gasteiger partial charge in [0.1, 0.15) is 0 Å². The fourth-order valence-electron chi connectivity index (χ4n) is 2.56. The lowest BCUT2D eigenvalue weighted by Gasteiger charge is -2.09. The highest BCUT2D eigenvalue weighted by Gasteiger charge is 2.31. The number of ketones is 1. The number of Topliss-reactive ketones (excluding diaryl/α,β-unsaturated/α-hetero) is 1. The van der Waals surface area contributed by atoms with Crippen molar-refractivity contribution < 1.29 is 9.59 Å². The Morgan fingerprint density at radius 3 is 2.75 bits per heavy atom. The molecule has 0 fully saturated rings. The normalized spacial score (nSPS) is 17.1. The molecule has 1 aromatic carbocycles. The summed E-state index contributed by atoms with van der Waals surface area (Å²) in [6.07, 6.45) is 2.11. The first kappa shape index (κ1) is 12.7. The maximum atomic E-state index is 12.1. The van der Waals surface area contributed by atoms with Gasteiger partial charge in [-0.25, -0.2) is 0 Å². The number of rotatable bonds is 3. The summed E-state index contributed by atoms with van der Waals surface area (Å²) in [6.45, 7) is 2.60. The minimum Gasteiger partial charge on any atom is -0.344 e. The van der Waals surface area contributed by atoms with Crippen LogP contribution in [0.4, 0.5) is 5.69 Å². The van der Waals surface area contributed by atoms with E-state index in [9.17, 15) is 9.59 Å². The van der Waals surface area contributed by atoms with E-state index in [1.54, 1.807) is 6.07 Å². The largest absolute Gasteiger partial charge is 0.344 e. The molecule has 0 saturated carbocycles. The van der Waals surface area contributed by atoms with E-state index in [0.29, 0.717) is 12.2 Å². The lowest BCUT2D eigenvalue weighted by Crippen LogP contribution is -2.20. The van der Waals surface area contributed by atoms with Crippen LogP contribution in [0, 0.1) is 12.8 Å². The summed E-state index contributed by atoms with van der Waals surface area (Å²) in [6, 6.07) is 11.3. The molecule has 3 rings (SSSR count). The van der Waals surface area contributed by atoms with Crippen molar-refractivity contribution in [3.63, 3.8) is 0 Å². The van der Waals surface area contributed by atoms with Crippen LogP contribution in [0.3, 0.4) is 0 Å². The summed E-state index contributed by atoms with van der Waals surface area (Å²) < 4.78 is 1.91. The second kappa shape index (κ2) is 4.96. The van der Waals surface area contributed by atoms with Crippen LogP contribution in [0.5, 0.6) is 0 Å². The highest BCUT2D eigenvalue weighted by atomic mass is 16.2. The second-order valence-corrected chi connectivity index (χ2v) is 5.23. The average Bonchev–Trinajstić information content (AvgIpc) is 2.97. The number of benzene rings is 1. The van der Waals surface area contributed by atoms with E-state index in [-0.39, 0.29) is 24.0 Å². The lowest BCUT2D eigenvalue weighted by molar-refractivity contribution is -0.116. The van der Waals surface area contributed by atoms with Crippen molar-refractivity contribution in [1.82, 2.24) is 4.57 Å². The number of anilines is 1. The molecule has 4 heteroatoms. The first-order valence-corrected chi connectivity index (χ1v) is 6.69. The SMILES string of the molecule is Cc1ccc(NC(=O)CC2Cn3cccc3C2=O)cc1. The molecule has 0 spiro atoms. The maximum absolute atomic E-state index is 12.1. The summed E-state index contributed by atoms with van der Waals surface area (Å²) in [7, 11) is 0. The predicted molar refractivity (Wildman–Crippen MR) is 76.7 cm³/mol. The van der Waals surface area contributed by atoms with Gasteiger partial charge in [-0.15, -0.1) is 0 Å². The Morgan fingerprint density at radius 2 is 2.05 bits per heavy atom. The van der Waals surface area contributed by atoms with Crippen molar-refractivity contribution in [1.29, 1.82) is 0 Å². The molecule has 0 aliphatic carbocycles. The first-order chi connectivity index (χ1) is 9.63. The van der Waals surface area contributed by atoms with Gasteiger partial charge in [0, 0.05) is 24.8 Å². The van der Waals surface area contributed by atoms with Gasteiger partial charge < -0.3 is 9.88 Å². The molecule has 0 radical (unpaired) electrons. The van der Waals surface area contributed by atoms with E-state index >= 15 is 0 Å². The van der Waals surface area contributed by atoms with Crippen LogP contribution < -0.4 is 5.32 Å². The second-order valence-electron chi connectivity index (χ2n) is 5.23. The Morgan fingerprint density at radius 1 is 1.30 bits per heavy atom. The van der Waals surface area contributed by atoms with E-state index in [0.717, 1.165) is 11.3 Å². The molecular formula is C16H16N2O2. The number of fused-ring (bicyclic) bond motifs is 1. The molecule has 1 amide bonds. The molecule has 1 aromatic heterocycles. The number of carbonyl (C=O) groups is 2. The van der Waals surface area contributed by atoms with Gasteiger partial charge in [-0.05, 0) is 31.2 Å². The molecule has 102 valence electrons. The molecule has 1 N–H and O–H groups in total. The number of carbonyl (C=O) groups excluding carboxylic acids is 2. The minimum absolute atomic E-state index is 0.0639. The summed E-state index contributed by atoms with van der Waals surface area (Å²) in [5, 5.41) is 2.84. The van der Waals surface area contributed by atoms with E-state index in [1.807, 2.05) is 48.0 Å². The molecule has 20 heavy (non-hydrogen) atoms. The fourth-order valence-corrected chi connectivity index (χ4v) is 2.56. The molecule has 1 atom stereocenters. The van der Waals surface area contributed by atoms with Crippen molar-refractivity contribution in [2.45, 2.75) is 19.9 Å². The number of hydrogen-bond donors (Lipinski definition) is 1. The van der Waals surface area contributed by atoms with E-state index in [2.05, 4.69) is 5.32 Å². The molecule has 1 aliphatic heterocycles. The predicted octanol–water partition coefficient (Wildman–Crippen LogP) is 2.64. The van der Waals surface area contributed by atoms with Crippen molar-refractivity contribution in [2.24, 2.45) is 5.92 Å². The third-order valence-corrected chi connectivity index (χ3v) is 3.64. The Hall–Kier alpha value is -2.36. The van der Waals surface area contributed by atoms with E-state index in [1.165, 1.54) is 0 Å². The monoisotopic (exact) mass is 268 g/mol. The molecule has 2 heterocycles. The average molecular weight is 268 g/mol. The first-order valence-electron chi connectivity index (χ1n) is 6.69. The Labute approximate surface area is 117 Å². The third-order valence-electron chi connectivity index (χ3n) is 3.64. The van der Waals surface area contributed by atoms with Gasteiger partial charge in [-0.2, -0.15) is 0 Å². The van der Waals surface area contributed by atoms with E-state index < -0.39 is 0 Å². The van der Waals surface area contributed by atoms with Gasteiger partial charge in [-0.1, -0.05) is 17.7 Å². The van der Waals surface area contributed by atoms with Crippen LogP contribution >= 0.6 is 0 Å². The number of nitrogens with one attached hydrogen (secondary N) is 1. The van der Waals surface area contributed by atoms with Crippen molar-refractivity contribution in [3.8, 4) is 0 Å². The quantitative estimate of drug-likeness (QED) is 0.930. The molecule has 1 unspecified atom stereocenters. The molecule has 0 bridgehead atoms. The zero-order valence-electron chi connectivity index (χ0n) is 11.3. The van der Waals surface area contributed by atoms with Crippen LogP contribution in [0.25, 0.3) is 0 Å². The molecule has 2 aromatic rings. The number of amides is 1. The van der Waals surface area contributed by atoms with Gasteiger partial charge in [-0.3, -0.25) is 9.59 Å². The fraction of sp³-hybridized carbons (Fsp3) is 0.250. The highest BCUT2D eigenvalue weighted by molar-refractivity contribution is 6.02. The number of nitrogens with zero attached hydrogens (tertiary/aromatic N) is 1. The zero-order chi connectivity index (χ0) is 14.1. The summed E-state index contributed by atoms with van der Waals surface area (Å²) >= 11 is 0. The van der Waals surface area contributed by atoms with Crippen molar-refractivity contribution in [3.05, 3.63) is 53.9 Å². The van der Waals surface area contributed by atoms with Crippen molar-refractivity contribution >= 4 is 17.4 Å². The smallest absolute Gasteiger partial charge is 0.225 e. The standard InChI is InChI=1S/C16H16N2O2/c1-11-4-6-13(7-5-11)17-15(19)9-12-10-18-8-2-3-14(18)16(12)20/h2-8,12H,9-10H2,1H3,(H,17,19). The van der Waals surface area contributed by atoms with E-state index in [4.69, 9.17) is 0 Å². The molecule has 1 aliphatic rings. The molecular weight excluding hydrogens is 252 g/mol. The Balaban J connectivity index is 1.62. The minimum atomic E-state index is -0.239.